The second-order valence-corrected chi connectivity index (χ2v) is 5.57. The van der Waals surface area contributed by atoms with Gasteiger partial charge < -0.3 is 9.47 Å². The summed E-state index contributed by atoms with van der Waals surface area (Å²) in [6.45, 7) is 4.45. The van der Waals surface area contributed by atoms with Crippen molar-refractivity contribution in [1.29, 1.82) is 0 Å². The van der Waals surface area contributed by atoms with Gasteiger partial charge in [0.15, 0.2) is 11.5 Å². The molecule has 0 atom stereocenters. The summed E-state index contributed by atoms with van der Waals surface area (Å²) in [7, 11) is 1.56. The third kappa shape index (κ3) is 3.94. The fourth-order valence-electron chi connectivity index (χ4n) is 1.87. The average molecular weight is 321 g/mol. The Kier molecular flexibility index (Phi) is 5.71. The molecule has 22 heavy (non-hydrogen) atoms. The van der Waals surface area contributed by atoms with Crippen molar-refractivity contribution in [3.8, 4) is 11.5 Å². The Labute approximate surface area is 133 Å². The number of aromatic nitrogens is 2. The summed E-state index contributed by atoms with van der Waals surface area (Å²) >= 11 is 1.39. The molecule has 2 rings (SSSR count). The Morgan fingerprint density at radius 3 is 2.77 bits per heavy atom. The van der Waals surface area contributed by atoms with E-state index >= 15 is 0 Å². The molecule has 0 fully saturated rings. The van der Waals surface area contributed by atoms with Gasteiger partial charge in [-0.1, -0.05) is 18.3 Å². The number of ether oxygens (including phenoxy) is 2. The summed E-state index contributed by atoms with van der Waals surface area (Å²) in [5, 5.41) is 12.2. The quantitative estimate of drug-likeness (QED) is 0.848. The molecule has 0 aliphatic carbocycles. The number of carbonyl (C=O) groups is 1. The van der Waals surface area contributed by atoms with Crippen LogP contribution in [-0.4, -0.2) is 29.8 Å². The number of anilines is 1. The molecule has 0 aliphatic rings. The first-order valence-electron chi connectivity index (χ1n) is 7.12. The van der Waals surface area contributed by atoms with Crippen molar-refractivity contribution in [2.45, 2.75) is 26.7 Å². The molecule has 1 N–H and O–H groups in total. The Bertz CT molecular complexity index is 643. The van der Waals surface area contributed by atoms with Gasteiger partial charge in [-0.05, 0) is 31.5 Å². The van der Waals surface area contributed by atoms with Crippen LogP contribution in [0.25, 0.3) is 0 Å². The Balaban J connectivity index is 2.12. The van der Waals surface area contributed by atoms with Gasteiger partial charge in [0.2, 0.25) is 5.13 Å². The van der Waals surface area contributed by atoms with E-state index in [-0.39, 0.29) is 5.91 Å². The standard InChI is InChI=1S/C15H19N3O3S/c1-4-6-13-17-18-15(22-13)16-14(19)10-7-8-11(20-3)12(9-10)21-5-2/h7-9H,4-6H2,1-3H3,(H,16,18,19). The van der Waals surface area contributed by atoms with Crippen molar-refractivity contribution >= 4 is 22.4 Å². The highest BCUT2D eigenvalue weighted by atomic mass is 32.1. The van der Waals surface area contributed by atoms with Gasteiger partial charge in [0, 0.05) is 12.0 Å². The molecular weight excluding hydrogens is 302 g/mol. The number of hydrogen-bond donors (Lipinski definition) is 1. The second kappa shape index (κ2) is 7.74. The third-order valence-corrected chi connectivity index (χ3v) is 3.78. The van der Waals surface area contributed by atoms with E-state index in [0.29, 0.717) is 28.8 Å². The molecule has 0 saturated carbocycles. The number of amides is 1. The number of rotatable bonds is 7. The van der Waals surface area contributed by atoms with E-state index < -0.39 is 0 Å². The first-order chi connectivity index (χ1) is 10.7. The van der Waals surface area contributed by atoms with Crippen molar-refractivity contribution in [3.63, 3.8) is 0 Å². The molecule has 0 bridgehead atoms. The highest BCUT2D eigenvalue weighted by Crippen LogP contribution is 2.28. The fraction of sp³-hybridized carbons (Fsp3) is 0.400. The number of benzene rings is 1. The van der Waals surface area contributed by atoms with Gasteiger partial charge in [0.1, 0.15) is 5.01 Å². The lowest BCUT2D eigenvalue weighted by molar-refractivity contribution is 0.102. The van der Waals surface area contributed by atoms with Gasteiger partial charge in [0.25, 0.3) is 5.91 Å². The van der Waals surface area contributed by atoms with Gasteiger partial charge in [-0.2, -0.15) is 0 Å². The first-order valence-corrected chi connectivity index (χ1v) is 7.94. The van der Waals surface area contributed by atoms with E-state index in [1.807, 2.05) is 6.92 Å². The fourth-order valence-corrected chi connectivity index (χ4v) is 2.71. The molecule has 1 amide bonds. The van der Waals surface area contributed by atoms with Gasteiger partial charge in [-0.3, -0.25) is 10.1 Å². The maximum absolute atomic E-state index is 12.3. The lowest BCUT2D eigenvalue weighted by Crippen LogP contribution is -2.12. The summed E-state index contributed by atoms with van der Waals surface area (Å²) < 4.78 is 10.7. The predicted octanol–water partition coefficient (Wildman–Crippen LogP) is 3.15. The van der Waals surface area contributed by atoms with Gasteiger partial charge >= 0.3 is 0 Å². The van der Waals surface area contributed by atoms with Crippen molar-refractivity contribution < 1.29 is 14.3 Å². The topological polar surface area (TPSA) is 73.3 Å². The minimum absolute atomic E-state index is 0.247. The lowest BCUT2D eigenvalue weighted by Gasteiger charge is -2.10. The van der Waals surface area contributed by atoms with E-state index in [1.165, 1.54) is 11.3 Å². The molecule has 1 aromatic carbocycles. The zero-order chi connectivity index (χ0) is 15.9. The van der Waals surface area contributed by atoms with E-state index in [9.17, 15) is 4.79 Å². The van der Waals surface area contributed by atoms with Crippen LogP contribution < -0.4 is 14.8 Å². The average Bonchev–Trinajstić information content (AvgIpc) is 2.95. The molecular formula is C15H19N3O3S. The molecule has 118 valence electrons. The van der Waals surface area contributed by atoms with Crippen LogP contribution in [0, 0.1) is 0 Å². The van der Waals surface area contributed by atoms with Crippen molar-refractivity contribution in [2.24, 2.45) is 0 Å². The minimum atomic E-state index is -0.247. The first kappa shape index (κ1) is 16.2. The summed E-state index contributed by atoms with van der Waals surface area (Å²) in [5.74, 6) is 0.893. The highest BCUT2D eigenvalue weighted by molar-refractivity contribution is 7.15. The summed E-state index contributed by atoms with van der Waals surface area (Å²) in [6, 6.07) is 5.05. The number of methoxy groups -OCH3 is 1. The van der Waals surface area contributed by atoms with Crippen LogP contribution in [0.15, 0.2) is 18.2 Å². The number of hydrogen-bond acceptors (Lipinski definition) is 6. The minimum Gasteiger partial charge on any atom is -0.493 e. The number of nitrogens with one attached hydrogen (secondary N) is 1. The maximum atomic E-state index is 12.3. The molecule has 0 saturated heterocycles. The highest BCUT2D eigenvalue weighted by Gasteiger charge is 2.13. The number of nitrogens with zero attached hydrogens (tertiary/aromatic N) is 2. The van der Waals surface area contributed by atoms with Crippen LogP contribution in [0.5, 0.6) is 11.5 Å². The number of carbonyl (C=O) groups excluding carboxylic acids is 1. The smallest absolute Gasteiger partial charge is 0.257 e. The molecule has 2 aromatic rings. The SMILES string of the molecule is CCCc1nnc(NC(=O)c2ccc(OC)c(OCC)c2)s1. The Morgan fingerprint density at radius 2 is 2.09 bits per heavy atom. The van der Waals surface area contributed by atoms with E-state index in [4.69, 9.17) is 9.47 Å². The molecule has 0 aliphatic heterocycles. The molecule has 0 spiro atoms. The van der Waals surface area contributed by atoms with Crippen LogP contribution in [0.1, 0.15) is 35.6 Å². The van der Waals surface area contributed by atoms with Gasteiger partial charge in [-0.25, -0.2) is 0 Å². The maximum Gasteiger partial charge on any atom is 0.257 e. The molecule has 0 unspecified atom stereocenters. The van der Waals surface area contributed by atoms with Crippen LogP contribution in [0.2, 0.25) is 0 Å². The van der Waals surface area contributed by atoms with Crippen LogP contribution in [0.3, 0.4) is 0 Å². The van der Waals surface area contributed by atoms with Crippen LogP contribution >= 0.6 is 11.3 Å². The second-order valence-electron chi connectivity index (χ2n) is 4.50. The van der Waals surface area contributed by atoms with Gasteiger partial charge in [0.05, 0.1) is 13.7 Å². The van der Waals surface area contributed by atoms with Crippen LogP contribution in [0.4, 0.5) is 5.13 Å². The molecule has 7 heteroatoms. The third-order valence-electron chi connectivity index (χ3n) is 2.88. The largest absolute Gasteiger partial charge is 0.493 e. The Morgan fingerprint density at radius 1 is 1.27 bits per heavy atom. The normalized spacial score (nSPS) is 10.3. The molecule has 1 aromatic heterocycles. The zero-order valence-corrected chi connectivity index (χ0v) is 13.7. The molecule has 6 nitrogen and oxygen atoms in total. The molecule has 0 radical (unpaired) electrons. The van der Waals surface area contributed by atoms with Crippen molar-refractivity contribution in [3.05, 3.63) is 28.8 Å². The summed E-state index contributed by atoms with van der Waals surface area (Å²) in [5.41, 5.74) is 0.483. The van der Waals surface area contributed by atoms with E-state index in [0.717, 1.165) is 17.8 Å². The number of aryl methyl sites for hydroxylation is 1. The monoisotopic (exact) mass is 321 g/mol. The Hall–Kier alpha value is -2.15. The summed E-state index contributed by atoms with van der Waals surface area (Å²) in [4.78, 5) is 12.3. The van der Waals surface area contributed by atoms with Crippen molar-refractivity contribution in [1.82, 2.24) is 10.2 Å². The van der Waals surface area contributed by atoms with E-state index in [1.54, 1.807) is 25.3 Å². The lowest BCUT2D eigenvalue weighted by atomic mass is 10.2. The van der Waals surface area contributed by atoms with Crippen molar-refractivity contribution in [2.75, 3.05) is 19.0 Å². The zero-order valence-electron chi connectivity index (χ0n) is 12.9. The predicted molar refractivity (Wildman–Crippen MR) is 86.0 cm³/mol. The van der Waals surface area contributed by atoms with E-state index in [2.05, 4.69) is 22.4 Å². The summed E-state index contributed by atoms with van der Waals surface area (Å²) in [6.07, 6.45) is 1.86. The van der Waals surface area contributed by atoms with Crippen LogP contribution in [-0.2, 0) is 6.42 Å². The van der Waals surface area contributed by atoms with Gasteiger partial charge in [-0.15, -0.1) is 10.2 Å². The molecule has 1 heterocycles.